The van der Waals surface area contributed by atoms with Gasteiger partial charge < -0.3 is 44.5 Å². The number of nitro groups is 1. The van der Waals surface area contributed by atoms with Crippen molar-refractivity contribution in [3.8, 4) is 18.1 Å². The van der Waals surface area contributed by atoms with Crippen LogP contribution in [-0.4, -0.2) is 104 Å². The van der Waals surface area contributed by atoms with E-state index < -0.39 is 35.6 Å². The number of aryl methyl sites for hydroxylation is 2. The number of azo groups is 2. The van der Waals surface area contributed by atoms with Gasteiger partial charge in [-0.25, -0.2) is 0 Å². The molecule has 3 aromatic carbocycles. The van der Waals surface area contributed by atoms with E-state index in [0.29, 0.717) is 55.2 Å². The number of carbonyl (C=O) groups excluding carboxylic acids is 1. The monoisotopic (exact) mass is 761 g/mol. The van der Waals surface area contributed by atoms with Crippen LogP contribution in [-0.2, 0) is 19.0 Å². The van der Waals surface area contributed by atoms with Gasteiger partial charge in [0.25, 0.3) is 5.69 Å². The van der Waals surface area contributed by atoms with E-state index in [4.69, 9.17) is 25.4 Å². The number of anilines is 1. The third-order valence-corrected chi connectivity index (χ3v) is 8.61. The molecular formula is C38H47N7O10. The predicted octanol–water partition coefficient (Wildman–Crippen LogP) is 5.25. The minimum atomic E-state index is -1.47. The van der Waals surface area contributed by atoms with Crippen molar-refractivity contribution in [2.45, 2.75) is 63.8 Å². The minimum Gasteiger partial charge on any atom is -0.494 e. The normalized spacial score (nSPS) is 19.7. The molecule has 1 saturated heterocycles. The minimum absolute atomic E-state index is 0.00970. The van der Waals surface area contributed by atoms with Crippen molar-refractivity contribution < 1.29 is 44.0 Å². The standard InChI is InChI=1S/C38H47N7O10/c1-6-18-53-23-33-35(47)36(48)37(49)38(55-33)54-19-8-16-39-34(46)9-7-17-44(4)27-13-11-26(12-14-27)40-43-30-21-25(3)29(22-32(30)52-5)42-41-28-15-10-24(2)20-31(28)45(50)51/h1,10-15,20-22,33,35-38,47-49H,7-9,16-19,23H2,2-5H3,(H,39,46)/b42-41+,43-40+/t33-,35-,36+,37-,38-/m1/s1. The van der Waals surface area contributed by atoms with E-state index in [1.54, 1.807) is 31.2 Å². The Morgan fingerprint density at radius 3 is 2.42 bits per heavy atom. The lowest BCUT2D eigenvalue weighted by molar-refractivity contribution is -0.384. The molecule has 1 amide bonds. The maximum absolute atomic E-state index is 12.4. The van der Waals surface area contributed by atoms with E-state index in [1.807, 2.05) is 43.1 Å². The molecule has 0 radical (unpaired) electrons. The second-order valence-corrected chi connectivity index (χ2v) is 12.8. The number of carbonyl (C=O) groups is 1. The highest BCUT2D eigenvalue weighted by molar-refractivity contribution is 5.75. The number of nitrogens with zero attached hydrogens (tertiary/aromatic N) is 6. The molecule has 0 unspecified atom stereocenters. The number of ether oxygens (including phenoxy) is 4. The SMILES string of the molecule is C#CCOC[C@H]1O[C@@H](OCCCNC(=O)CCCN(C)c2ccc(/N=N/c3cc(C)c(/N=N/c4ccc(C)cc4[N+](=O)[O-])cc3OC)cc2)[C@H](O)[C@@H](O)[C@@H]1O. The summed E-state index contributed by atoms with van der Waals surface area (Å²) >= 11 is 0. The first kappa shape index (κ1) is 42.4. The molecule has 294 valence electrons. The van der Waals surface area contributed by atoms with Crippen LogP contribution >= 0.6 is 0 Å². The lowest BCUT2D eigenvalue weighted by Gasteiger charge is -2.40. The van der Waals surface area contributed by atoms with Gasteiger partial charge in [0.1, 0.15) is 42.5 Å². The van der Waals surface area contributed by atoms with Gasteiger partial charge in [0.05, 0.1) is 36.6 Å². The van der Waals surface area contributed by atoms with Gasteiger partial charge in [0.2, 0.25) is 5.91 Å². The fourth-order valence-electron chi connectivity index (χ4n) is 5.49. The summed E-state index contributed by atoms with van der Waals surface area (Å²) in [6.45, 7) is 4.63. The van der Waals surface area contributed by atoms with Crippen LogP contribution in [0, 0.1) is 36.3 Å². The molecule has 4 N–H and O–H groups in total. The number of hydrogen-bond donors (Lipinski definition) is 4. The van der Waals surface area contributed by atoms with Gasteiger partial charge >= 0.3 is 0 Å². The van der Waals surface area contributed by atoms with E-state index in [2.05, 4.69) is 31.7 Å². The quantitative estimate of drug-likeness (QED) is 0.0406. The van der Waals surface area contributed by atoms with Gasteiger partial charge in [-0.1, -0.05) is 12.0 Å². The Morgan fingerprint density at radius 2 is 1.71 bits per heavy atom. The summed E-state index contributed by atoms with van der Waals surface area (Å²) in [7, 11) is 3.43. The van der Waals surface area contributed by atoms with Crippen molar-refractivity contribution in [1.29, 1.82) is 0 Å². The largest absolute Gasteiger partial charge is 0.494 e. The van der Waals surface area contributed by atoms with Crippen molar-refractivity contribution in [3.05, 3.63) is 75.8 Å². The number of nitro benzene ring substituents is 1. The smallest absolute Gasteiger partial charge is 0.296 e. The van der Waals surface area contributed by atoms with Crippen molar-refractivity contribution in [2.75, 3.05) is 52.0 Å². The van der Waals surface area contributed by atoms with Crippen LogP contribution in [0.25, 0.3) is 0 Å². The Balaban J connectivity index is 1.19. The summed E-state index contributed by atoms with van der Waals surface area (Å²) in [5, 5.41) is 61.8. The van der Waals surface area contributed by atoms with E-state index in [9.17, 15) is 30.2 Å². The second kappa shape index (κ2) is 20.9. The van der Waals surface area contributed by atoms with Crippen molar-refractivity contribution in [2.24, 2.45) is 20.5 Å². The Morgan fingerprint density at radius 1 is 0.982 bits per heavy atom. The highest BCUT2D eigenvalue weighted by Gasteiger charge is 2.44. The third-order valence-electron chi connectivity index (χ3n) is 8.61. The van der Waals surface area contributed by atoms with Crippen LogP contribution in [0.1, 0.15) is 30.4 Å². The van der Waals surface area contributed by atoms with E-state index in [0.717, 1.165) is 16.8 Å². The fourth-order valence-corrected chi connectivity index (χ4v) is 5.49. The average Bonchev–Trinajstić information content (AvgIpc) is 3.17. The average molecular weight is 762 g/mol. The number of amides is 1. The first-order valence-corrected chi connectivity index (χ1v) is 17.6. The highest BCUT2D eigenvalue weighted by Crippen LogP contribution is 2.37. The summed E-state index contributed by atoms with van der Waals surface area (Å²) < 4.78 is 21.8. The van der Waals surface area contributed by atoms with Crippen LogP contribution in [0.15, 0.2) is 75.1 Å². The summed E-state index contributed by atoms with van der Waals surface area (Å²) in [6, 6.07) is 15.6. The number of terminal acetylenes is 1. The van der Waals surface area contributed by atoms with Gasteiger partial charge in [-0.3, -0.25) is 14.9 Å². The Bertz CT molecular complexity index is 1850. The number of aliphatic hydroxyl groups is 3. The lowest BCUT2D eigenvalue weighted by atomic mass is 9.99. The molecule has 0 spiro atoms. The predicted molar refractivity (Wildman–Crippen MR) is 203 cm³/mol. The zero-order valence-corrected chi connectivity index (χ0v) is 31.2. The number of aliphatic hydroxyl groups excluding tert-OH is 3. The molecule has 17 heteroatoms. The molecule has 17 nitrogen and oxygen atoms in total. The van der Waals surface area contributed by atoms with Crippen molar-refractivity contribution >= 4 is 40.0 Å². The van der Waals surface area contributed by atoms with Crippen LogP contribution in [0.5, 0.6) is 5.75 Å². The van der Waals surface area contributed by atoms with Crippen LogP contribution in [0.3, 0.4) is 0 Å². The van der Waals surface area contributed by atoms with Gasteiger partial charge in [-0.05, 0) is 74.2 Å². The van der Waals surface area contributed by atoms with Crippen LogP contribution in [0.4, 0.5) is 34.1 Å². The first-order valence-electron chi connectivity index (χ1n) is 17.6. The highest BCUT2D eigenvalue weighted by atomic mass is 16.7. The maximum Gasteiger partial charge on any atom is 0.296 e. The molecule has 0 bridgehead atoms. The Kier molecular flexibility index (Phi) is 16.1. The Hall–Kier alpha value is -5.35. The van der Waals surface area contributed by atoms with Crippen LogP contribution in [0.2, 0.25) is 0 Å². The van der Waals surface area contributed by atoms with E-state index in [-0.39, 0.29) is 37.1 Å². The fraction of sp³-hybridized carbons (Fsp3) is 0.447. The van der Waals surface area contributed by atoms with Crippen molar-refractivity contribution in [3.63, 3.8) is 0 Å². The number of benzene rings is 3. The third kappa shape index (κ3) is 12.3. The molecule has 1 aliphatic rings. The molecule has 55 heavy (non-hydrogen) atoms. The molecule has 0 saturated carbocycles. The molecular weight excluding hydrogens is 714 g/mol. The van der Waals surface area contributed by atoms with Crippen LogP contribution < -0.4 is 15.0 Å². The molecule has 3 aromatic rings. The molecule has 5 atom stereocenters. The molecule has 0 aliphatic carbocycles. The summed E-state index contributed by atoms with van der Waals surface area (Å²) in [5.41, 5.74) is 3.97. The maximum atomic E-state index is 12.4. The lowest BCUT2D eigenvalue weighted by Crippen LogP contribution is -2.59. The van der Waals surface area contributed by atoms with Gasteiger partial charge in [0.15, 0.2) is 12.0 Å². The van der Waals surface area contributed by atoms with Gasteiger partial charge in [0, 0.05) is 44.4 Å². The molecule has 1 fully saturated rings. The number of nitrogens with one attached hydrogen (secondary N) is 1. The van der Waals surface area contributed by atoms with E-state index in [1.165, 1.54) is 13.2 Å². The van der Waals surface area contributed by atoms with Gasteiger partial charge in [-0.2, -0.15) is 5.11 Å². The number of rotatable bonds is 19. The zero-order chi connectivity index (χ0) is 39.9. The number of methoxy groups -OCH3 is 1. The molecule has 4 rings (SSSR count). The topological polar surface area (TPSA) is 223 Å². The number of hydrogen-bond acceptors (Lipinski definition) is 15. The Labute approximate surface area is 319 Å². The van der Waals surface area contributed by atoms with Crippen molar-refractivity contribution in [1.82, 2.24) is 5.32 Å². The molecule has 1 aliphatic heterocycles. The zero-order valence-electron chi connectivity index (χ0n) is 31.2. The van der Waals surface area contributed by atoms with Gasteiger partial charge in [-0.15, -0.1) is 21.8 Å². The summed E-state index contributed by atoms with van der Waals surface area (Å²) in [6.07, 6.45) is 0.149. The molecule has 0 aromatic heterocycles. The van der Waals surface area contributed by atoms with E-state index >= 15 is 0 Å². The summed E-state index contributed by atoms with van der Waals surface area (Å²) in [4.78, 5) is 25.4. The molecule has 1 heterocycles. The summed E-state index contributed by atoms with van der Waals surface area (Å²) in [5.74, 6) is 2.59. The second-order valence-electron chi connectivity index (χ2n) is 12.8. The first-order chi connectivity index (χ1) is 26.4.